The van der Waals surface area contributed by atoms with Crippen molar-refractivity contribution in [2.45, 2.75) is 12.6 Å². The Morgan fingerprint density at radius 1 is 0.800 bits per heavy atom. The first kappa shape index (κ1) is 32.8. The van der Waals surface area contributed by atoms with Crippen LogP contribution in [0.4, 0.5) is 20.2 Å². The van der Waals surface area contributed by atoms with Gasteiger partial charge in [-0.2, -0.15) is 0 Å². The number of methoxy groups -OCH3 is 2. The lowest BCUT2D eigenvalue weighted by Crippen LogP contribution is -2.45. The van der Waals surface area contributed by atoms with E-state index in [1.807, 2.05) is 30.3 Å². The Kier molecular flexibility index (Phi) is 11.4. The summed E-state index contributed by atoms with van der Waals surface area (Å²) in [5.74, 6) is -3.54. The van der Waals surface area contributed by atoms with E-state index < -0.39 is 57.7 Å². The SMILES string of the molecule is COc1ccc([C@H](C(=O)NCc2ccccc2)N(C(=O)C[S@@](=O)CC(=O)Nc2ccc(F)cc2)c2ccc(F)cc2)cc1OC. The molecule has 0 spiro atoms. The van der Waals surface area contributed by atoms with Crippen LogP contribution in [0.2, 0.25) is 0 Å². The van der Waals surface area contributed by atoms with Gasteiger partial charge in [0.1, 0.15) is 29.2 Å². The molecule has 12 heteroatoms. The van der Waals surface area contributed by atoms with Crippen LogP contribution in [0.3, 0.4) is 0 Å². The van der Waals surface area contributed by atoms with Gasteiger partial charge in [0.15, 0.2) is 11.5 Å². The molecule has 2 atom stereocenters. The van der Waals surface area contributed by atoms with Gasteiger partial charge >= 0.3 is 0 Å². The molecule has 0 heterocycles. The normalized spacial score (nSPS) is 12.0. The molecule has 0 aromatic heterocycles. The molecular formula is C33H31F2N3O6S. The number of carbonyl (C=O) groups excluding carboxylic acids is 3. The van der Waals surface area contributed by atoms with E-state index in [0.717, 1.165) is 34.7 Å². The van der Waals surface area contributed by atoms with Crippen molar-refractivity contribution in [3.05, 3.63) is 120 Å². The van der Waals surface area contributed by atoms with Crippen LogP contribution in [0.25, 0.3) is 0 Å². The van der Waals surface area contributed by atoms with Gasteiger partial charge in [0, 0.05) is 28.7 Å². The zero-order chi connectivity index (χ0) is 32.3. The molecule has 0 fully saturated rings. The number of benzene rings is 4. The van der Waals surface area contributed by atoms with Crippen molar-refractivity contribution in [3.8, 4) is 11.5 Å². The van der Waals surface area contributed by atoms with Crippen LogP contribution in [0.5, 0.6) is 11.5 Å². The van der Waals surface area contributed by atoms with Gasteiger partial charge in [-0.3, -0.25) is 23.5 Å². The maximum absolute atomic E-state index is 14.0. The lowest BCUT2D eigenvalue weighted by atomic mass is 10.0. The van der Waals surface area contributed by atoms with Crippen LogP contribution in [-0.2, 0) is 31.7 Å². The van der Waals surface area contributed by atoms with Crippen molar-refractivity contribution in [1.82, 2.24) is 5.32 Å². The highest BCUT2D eigenvalue weighted by Crippen LogP contribution is 2.34. The van der Waals surface area contributed by atoms with Crippen LogP contribution in [-0.4, -0.2) is 47.7 Å². The number of amides is 3. The average molecular weight is 636 g/mol. The van der Waals surface area contributed by atoms with E-state index in [2.05, 4.69) is 10.6 Å². The number of nitrogens with zero attached hydrogens (tertiary/aromatic N) is 1. The molecular weight excluding hydrogens is 604 g/mol. The second-order valence-corrected chi connectivity index (χ2v) is 11.2. The van der Waals surface area contributed by atoms with Gasteiger partial charge in [0.05, 0.1) is 14.2 Å². The maximum Gasteiger partial charge on any atom is 0.248 e. The van der Waals surface area contributed by atoms with Gasteiger partial charge < -0.3 is 20.1 Å². The highest BCUT2D eigenvalue weighted by Gasteiger charge is 2.34. The van der Waals surface area contributed by atoms with Gasteiger partial charge in [-0.15, -0.1) is 0 Å². The summed E-state index contributed by atoms with van der Waals surface area (Å²) in [4.78, 5) is 41.5. The first-order valence-corrected chi connectivity index (χ1v) is 15.2. The van der Waals surface area contributed by atoms with E-state index in [9.17, 15) is 27.4 Å². The Hall–Kier alpha value is -5.10. The molecule has 2 N–H and O–H groups in total. The largest absolute Gasteiger partial charge is 0.493 e. The summed E-state index contributed by atoms with van der Waals surface area (Å²) in [6.45, 7) is 0.143. The van der Waals surface area contributed by atoms with E-state index in [-0.39, 0.29) is 12.2 Å². The van der Waals surface area contributed by atoms with E-state index in [0.29, 0.717) is 22.7 Å². The molecule has 4 rings (SSSR count). The van der Waals surface area contributed by atoms with Crippen molar-refractivity contribution in [2.75, 3.05) is 35.9 Å². The molecule has 0 radical (unpaired) electrons. The van der Waals surface area contributed by atoms with Gasteiger partial charge in [-0.25, -0.2) is 8.78 Å². The third-order valence-corrected chi connectivity index (χ3v) is 7.77. The molecule has 0 aliphatic rings. The predicted octanol–water partition coefficient (Wildman–Crippen LogP) is 4.76. The summed E-state index contributed by atoms with van der Waals surface area (Å²) in [6, 6.07) is 22.5. The molecule has 4 aromatic carbocycles. The fourth-order valence-corrected chi connectivity index (χ4v) is 5.38. The minimum absolute atomic E-state index is 0.143. The number of ether oxygens (including phenoxy) is 2. The van der Waals surface area contributed by atoms with Crippen LogP contribution in [0.15, 0.2) is 97.1 Å². The van der Waals surface area contributed by atoms with E-state index in [1.165, 1.54) is 38.5 Å². The van der Waals surface area contributed by atoms with Gasteiger partial charge in [-0.1, -0.05) is 36.4 Å². The number of nitrogens with one attached hydrogen (secondary N) is 2. The van der Waals surface area contributed by atoms with E-state index in [1.54, 1.807) is 18.2 Å². The highest BCUT2D eigenvalue weighted by atomic mass is 32.2. The molecule has 0 saturated heterocycles. The van der Waals surface area contributed by atoms with Gasteiger partial charge in [0.25, 0.3) is 0 Å². The second-order valence-electron chi connectivity index (χ2n) is 9.74. The summed E-state index contributed by atoms with van der Waals surface area (Å²) in [6.07, 6.45) is 0. The summed E-state index contributed by atoms with van der Waals surface area (Å²) in [5.41, 5.74) is 1.59. The molecule has 9 nitrogen and oxygen atoms in total. The fourth-order valence-electron chi connectivity index (χ4n) is 4.50. The summed E-state index contributed by atoms with van der Waals surface area (Å²) in [5, 5.41) is 5.36. The number of hydrogen-bond acceptors (Lipinski definition) is 6. The molecule has 0 unspecified atom stereocenters. The zero-order valence-corrected chi connectivity index (χ0v) is 25.3. The predicted molar refractivity (Wildman–Crippen MR) is 167 cm³/mol. The Morgan fingerprint density at radius 2 is 1.42 bits per heavy atom. The van der Waals surface area contributed by atoms with Crippen LogP contribution in [0.1, 0.15) is 17.2 Å². The highest BCUT2D eigenvalue weighted by molar-refractivity contribution is 7.86. The Morgan fingerprint density at radius 3 is 2.04 bits per heavy atom. The number of anilines is 2. The van der Waals surface area contributed by atoms with Crippen molar-refractivity contribution in [3.63, 3.8) is 0 Å². The number of halogens is 2. The Bertz CT molecular complexity index is 1650. The third kappa shape index (κ3) is 8.96. The molecule has 0 bridgehead atoms. The van der Waals surface area contributed by atoms with Crippen LogP contribution < -0.4 is 25.0 Å². The molecule has 3 amide bonds. The molecule has 4 aromatic rings. The Labute approximate surface area is 261 Å². The molecule has 0 aliphatic carbocycles. The summed E-state index contributed by atoms with van der Waals surface area (Å²) < 4.78 is 51.0. The van der Waals surface area contributed by atoms with Crippen molar-refractivity contribution in [1.29, 1.82) is 0 Å². The minimum Gasteiger partial charge on any atom is -0.493 e. The molecule has 0 aliphatic heterocycles. The third-order valence-electron chi connectivity index (χ3n) is 6.62. The fraction of sp³-hybridized carbons (Fsp3) is 0.182. The van der Waals surface area contributed by atoms with Crippen LogP contribution in [0, 0.1) is 11.6 Å². The Balaban J connectivity index is 1.66. The second kappa shape index (κ2) is 15.6. The van der Waals surface area contributed by atoms with E-state index in [4.69, 9.17) is 9.47 Å². The van der Waals surface area contributed by atoms with Crippen LogP contribution >= 0.6 is 0 Å². The van der Waals surface area contributed by atoms with Crippen molar-refractivity contribution >= 4 is 39.9 Å². The summed E-state index contributed by atoms with van der Waals surface area (Å²) in [7, 11) is 0.866. The number of carbonyl (C=O) groups is 3. The zero-order valence-electron chi connectivity index (χ0n) is 24.5. The van der Waals surface area contributed by atoms with Crippen molar-refractivity contribution < 1.29 is 36.8 Å². The first-order valence-electron chi connectivity index (χ1n) is 13.7. The standard InChI is InChI=1S/C33H31F2N3O6S/c1-43-28-17-8-23(18-29(28)44-2)32(33(41)36-19-22-6-4-3-5-7-22)38(27-15-11-25(35)12-16-27)31(40)21-45(42)20-30(39)37-26-13-9-24(34)10-14-26/h3-18,32H,19-21H2,1-2H3,(H,36,41)(H,37,39)/t32-,45+/m1/s1. The van der Waals surface area contributed by atoms with E-state index >= 15 is 0 Å². The first-order chi connectivity index (χ1) is 21.7. The molecule has 45 heavy (non-hydrogen) atoms. The number of hydrogen-bond donors (Lipinski definition) is 2. The van der Waals surface area contributed by atoms with Gasteiger partial charge in [0.2, 0.25) is 17.7 Å². The lowest BCUT2D eigenvalue weighted by Gasteiger charge is -2.32. The summed E-state index contributed by atoms with van der Waals surface area (Å²) >= 11 is 0. The lowest BCUT2D eigenvalue weighted by molar-refractivity contribution is -0.126. The topological polar surface area (TPSA) is 114 Å². The quantitative estimate of drug-likeness (QED) is 0.219. The monoisotopic (exact) mass is 635 g/mol. The average Bonchev–Trinajstić information content (AvgIpc) is 3.04. The number of rotatable bonds is 13. The smallest absolute Gasteiger partial charge is 0.248 e. The minimum atomic E-state index is -2.02. The molecule has 0 saturated carbocycles. The van der Waals surface area contributed by atoms with Gasteiger partial charge in [-0.05, 0) is 71.8 Å². The van der Waals surface area contributed by atoms with Crippen molar-refractivity contribution in [2.24, 2.45) is 0 Å². The molecule has 234 valence electrons. The maximum atomic E-state index is 14.0.